The van der Waals surface area contributed by atoms with Crippen LogP contribution >= 0.6 is 0 Å². The quantitative estimate of drug-likeness (QED) is 0.764. The molecule has 2 nitrogen and oxygen atoms in total. The zero-order chi connectivity index (χ0) is 13.4. The van der Waals surface area contributed by atoms with Gasteiger partial charge in [-0.05, 0) is 49.2 Å². The molecule has 2 aromatic rings. The van der Waals surface area contributed by atoms with Crippen molar-refractivity contribution in [3.63, 3.8) is 0 Å². The predicted octanol–water partition coefficient (Wildman–Crippen LogP) is 3.42. The predicted molar refractivity (Wildman–Crippen MR) is 72.8 cm³/mol. The highest BCUT2D eigenvalue weighted by Gasteiger charge is 2.30. The highest BCUT2D eigenvalue weighted by atomic mass is 19.1. The number of amides is 1. The Morgan fingerprint density at radius 2 is 1.84 bits per heavy atom. The summed E-state index contributed by atoms with van der Waals surface area (Å²) in [5.41, 5.74) is 2.67. The fourth-order valence-corrected chi connectivity index (χ4v) is 2.61. The number of benzene rings is 2. The second-order valence-corrected chi connectivity index (χ2v) is 4.86. The van der Waals surface area contributed by atoms with Crippen LogP contribution in [-0.4, -0.2) is 11.9 Å². The first kappa shape index (κ1) is 11.9. The molecule has 1 atom stereocenters. The summed E-state index contributed by atoms with van der Waals surface area (Å²) in [4.78, 5) is 14.3. The van der Waals surface area contributed by atoms with E-state index in [0.29, 0.717) is 5.56 Å². The van der Waals surface area contributed by atoms with E-state index in [0.717, 1.165) is 12.1 Å². The van der Waals surface area contributed by atoms with E-state index in [-0.39, 0.29) is 17.8 Å². The second-order valence-electron chi connectivity index (χ2n) is 4.86. The molecular weight excluding hydrogens is 241 g/mol. The summed E-state index contributed by atoms with van der Waals surface area (Å²) in [5.74, 6) is -0.399. The Morgan fingerprint density at radius 3 is 2.58 bits per heavy atom. The molecule has 0 spiro atoms. The van der Waals surface area contributed by atoms with Crippen LogP contribution in [-0.2, 0) is 6.42 Å². The fraction of sp³-hybridized carbons (Fsp3) is 0.188. The van der Waals surface area contributed by atoms with Gasteiger partial charge in [-0.25, -0.2) is 4.39 Å². The van der Waals surface area contributed by atoms with Gasteiger partial charge < -0.3 is 4.90 Å². The number of para-hydroxylation sites is 1. The van der Waals surface area contributed by atoms with Crippen LogP contribution in [0.25, 0.3) is 0 Å². The van der Waals surface area contributed by atoms with Crippen LogP contribution in [0.5, 0.6) is 0 Å². The molecule has 96 valence electrons. The number of rotatable bonds is 1. The molecule has 0 bridgehead atoms. The number of hydrogen-bond acceptors (Lipinski definition) is 1. The maximum absolute atomic E-state index is 12.9. The van der Waals surface area contributed by atoms with Crippen molar-refractivity contribution in [2.75, 3.05) is 4.90 Å². The average Bonchev–Trinajstić information content (AvgIpc) is 2.74. The SMILES string of the molecule is CC1Cc2ccccc2N1C(=O)c1ccc(F)cc1. The van der Waals surface area contributed by atoms with Crippen LogP contribution in [0.15, 0.2) is 48.5 Å². The molecule has 1 amide bonds. The van der Waals surface area contributed by atoms with Crippen LogP contribution in [0.1, 0.15) is 22.8 Å². The van der Waals surface area contributed by atoms with Gasteiger partial charge in [0.1, 0.15) is 5.82 Å². The molecule has 0 aliphatic carbocycles. The third kappa shape index (κ3) is 2.01. The van der Waals surface area contributed by atoms with Gasteiger partial charge in [0, 0.05) is 17.3 Å². The van der Waals surface area contributed by atoms with Crippen molar-refractivity contribution in [2.45, 2.75) is 19.4 Å². The van der Waals surface area contributed by atoms with Crippen molar-refractivity contribution in [3.8, 4) is 0 Å². The van der Waals surface area contributed by atoms with Gasteiger partial charge in [0.2, 0.25) is 0 Å². The summed E-state index contributed by atoms with van der Waals surface area (Å²) in [6, 6.07) is 13.8. The summed E-state index contributed by atoms with van der Waals surface area (Å²) in [6.45, 7) is 2.03. The zero-order valence-corrected chi connectivity index (χ0v) is 10.6. The van der Waals surface area contributed by atoms with Gasteiger partial charge in [0.25, 0.3) is 5.91 Å². The molecule has 1 heterocycles. The largest absolute Gasteiger partial charge is 0.305 e. The molecule has 0 saturated carbocycles. The van der Waals surface area contributed by atoms with E-state index in [9.17, 15) is 9.18 Å². The number of anilines is 1. The van der Waals surface area contributed by atoms with Crippen molar-refractivity contribution < 1.29 is 9.18 Å². The first-order valence-corrected chi connectivity index (χ1v) is 6.34. The fourth-order valence-electron chi connectivity index (χ4n) is 2.61. The monoisotopic (exact) mass is 255 g/mol. The molecule has 19 heavy (non-hydrogen) atoms. The maximum atomic E-state index is 12.9. The molecule has 1 aliphatic heterocycles. The summed E-state index contributed by atoms with van der Waals surface area (Å²) in [7, 11) is 0. The lowest BCUT2D eigenvalue weighted by molar-refractivity contribution is 0.0981. The number of carbonyl (C=O) groups excluding carboxylic acids is 1. The maximum Gasteiger partial charge on any atom is 0.258 e. The number of carbonyl (C=O) groups is 1. The normalized spacial score (nSPS) is 17.4. The zero-order valence-electron chi connectivity index (χ0n) is 10.6. The first-order chi connectivity index (χ1) is 9.16. The second kappa shape index (κ2) is 4.50. The van der Waals surface area contributed by atoms with E-state index < -0.39 is 0 Å². The third-order valence-electron chi connectivity index (χ3n) is 3.52. The molecule has 0 fully saturated rings. The van der Waals surface area contributed by atoms with Crippen molar-refractivity contribution in [1.29, 1.82) is 0 Å². The Balaban J connectivity index is 1.98. The van der Waals surface area contributed by atoms with Gasteiger partial charge in [-0.1, -0.05) is 18.2 Å². The Bertz CT molecular complexity index is 621. The van der Waals surface area contributed by atoms with Crippen molar-refractivity contribution in [1.82, 2.24) is 0 Å². The number of fused-ring (bicyclic) bond motifs is 1. The van der Waals surface area contributed by atoms with E-state index in [1.807, 2.05) is 31.2 Å². The van der Waals surface area contributed by atoms with Crippen LogP contribution in [0.3, 0.4) is 0 Å². The van der Waals surface area contributed by atoms with Gasteiger partial charge in [-0.15, -0.1) is 0 Å². The highest BCUT2D eigenvalue weighted by molar-refractivity contribution is 6.07. The molecule has 0 aromatic heterocycles. The molecular formula is C16H14FNO. The molecule has 3 rings (SSSR count). The summed E-state index contributed by atoms with van der Waals surface area (Å²) >= 11 is 0. The molecule has 0 N–H and O–H groups in total. The van der Waals surface area contributed by atoms with Crippen LogP contribution in [0.4, 0.5) is 10.1 Å². The number of hydrogen-bond donors (Lipinski definition) is 0. The minimum Gasteiger partial charge on any atom is -0.305 e. The van der Waals surface area contributed by atoms with E-state index in [1.165, 1.54) is 29.8 Å². The molecule has 0 saturated heterocycles. The van der Waals surface area contributed by atoms with Crippen molar-refractivity contribution >= 4 is 11.6 Å². The lowest BCUT2D eigenvalue weighted by Crippen LogP contribution is -2.35. The van der Waals surface area contributed by atoms with Gasteiger partial charge in [-0.2, -0.15) is 0 Å². The molecule has 2 aromatic carbocycles. The van der Waals surface area contributed by atoms with Crippen LogP contribution in [0, 0.1) is 5.82 Å². The Morgan fingerprint density at radius 1 is 1.16 bits per heavy atom. The highest BCUT2D eigenvalue weighted by Crippen LogP contribution is 2.32. The Labute approximate surface area is 111 Å². The summed E-state index contributed by atoms with van der Waals surface area (Å²) < 4.78 is 12.9. The van der Waals surface area contributed by atoms with E-state index >= 15 is 0 Å². The Hall–Kier alpha value is -2.16. The van der Waals surface area contributed by atoms with E-state index in [4.69, 9.17) is 0 Å². The van der Waals surface area contributed by atoms with Gasteiger partial charge in [0.05, 0.1) is 0 Å². The standard InChI is InChI=1S/C16H14FNO/c1-11-10-13-4-2-3-5-15(13)18(11)16(19)12-6-8-14(17)9-7-12/h2-9,11H,10H2,1H3. The first-order valence-electron chi connectivity index (χ1n) is 6.34. The lowest BCUT2D eigenvalue weighted by Gasteiger charge is -2.22. The summed E-state index contributed by atoms with van der Waals surface area (Å²) in [6.07, 6.45) is 0.864. The molecule has 1 unspecified atom stereocenters. The van der Waals surface area contributed by atoms with Gasteiger partial charge in [-0.3, -0.25) is 4.79 Å². The van der Waals surface area contributed by atoms with Gasteiger partial charge in [0.15, 0.2) is 0 Å². The topological polar surface area (TPSA) is 20.3 Å². The molecule has 1 aliphatic rings. The smallest absolute Gasteiger partial charge is 0.258 e. The minimum atomic E-state index is -0.327. The summed E-state index contributed by atoms with van der Waals surface area (Å²) in [5, 5.41) is 0. The Kier molecular flexibility index (Phi) is 2.82. The van der Waals surface area contributed by atoms with Gasteiger partial charge >= 0.3 is 0 Å². The van der Waals surface area contributed by atoms with E-state index in [1.54, 1.807) is 4.90 Å². The average molecular weight is 255 g/mol. The van der Waals surface area contributed by atoms with Crippen LogP contribution in [0.2, 0.25) is 0 Å². The van der Waals surface area contributed by atoms with Crippen molar-refractivity contribution in [3.05, 3.63) is 65.5 Å². The molecule has 3 heteroatoms. The van der Waals surface area contributed by atoms with Crippen molar-refractivity contribution in [2.24, 2.45) is 0 Å². The van der Waals surface area contributed by atoms with Crippen LogP contribution < -0.4 is 4.90 Å². The minimum absolute atomic E-state index is 0.0718. The number of halogens is 1. The lowest BCUT2D eigenvalue weighted by atomic mass is 10.1. The molecule has 0 radical (unpaired) electrons. The number of nitrogens with zero attached hydrogens (tertiary/aromatic N) is 1. The van der Waals surface area contributed by atoms with E-state index in [2.05, 4.69) is 0 Å². The third-order valence-corrected chi connectivity index (χ3v) is 3.52.